The molecule has 0 aliphatic rings. The molecule has 0 spiro atoms. The van der Waals surface area contributed by atoms with Crippen LogP contribution in [0.4, 0.5) is 0 Å². The van der Waals surface area contributed by atoms with Crippen molar-refractivity contribution in [2.45, 2.75) is 20.4 Å². The van der Waals surface area contributed by atoms with E-state index in [2.05, 4.69) is 5.32 Å². The van der Waals surface area contributed by atoms with Gasteiger partial charge in [0.25, 0.3) is 11.5 Å². The molecule has 140 valence electrons. The first-order valence-electron chi connectivity index (χ1n) is 8.32. The largest absolute Gasteiger partial charge is 0.490 e. The molecule has 8 heteroatoms. The van der Waals surface area contributed by atoms with Crippen LogP contribution in [0.3, 0.4) is 0 Å². The number of carbonyl (C=O) groups excluding carboxylic acids is 1. The molecule has 1 heterocycles. The van der Waals surface area contributed by atoms with Gasteiger partial charge in [0.1, 0.15) is 0 Å². The zero-order chi connectivity index (χ0) is 19.3. The maximum Gasteiger partial charge on any atom is 0.330 e. The summed E-state index contributed by atoms with van der Waals surface area (Å²) in [7, 11) is 2.95. The zero-order valence-corrected chi connectivity index (χ0v) is 15.4. The topological polar surface area (TPSA) is 91.6 Å². The van der Waals surface area contributed by atoms with Gasteiger partial charge in [-0.3, -0.25) is 18.7 Å². The molecule has 0 bridgehead atoms. The molecule has 0 unspecified atom stereocenters. The standard InChI is InChI=1S/C18H23N3O5/c1-5-25-14-8-7-12(9-15(14)26-6-2)17(23)19-11-13-10-16(22)21(4)18(24)20(13)3/h7-10H,5-6,11H2,1-4H3,(H,19,23). The molecule has 2 aromatic rings. The van der Waals surface area contributed by atoms with Crippen molar-refractivity contribution in [3.63, 3.8) is 0 Å². The molecule has 1 aromatic heterocycles. The van der Waals surface area contributed by atoms with Crippen LogP contribution < -0.4 is 26.0 Å². The second-order valence-electron chi connectivity index (χ2n) is 5.58. The Labute approximate surface area is 151 Å². The minimum atomic E-state index is -0.443. The molecule has 26 heavy (non-hydrogen) atoms. The lowest BCUT2D eigenvalue weighted by atomic mass is 10.2. The molecule has 2 rings (SSSR count). The average Bonchev–Trinajstić information content (AvgIpc) is 2.63. The van der Waals surface area contributed by atoms with Gasteiger partial charge >= 0.3 is 5.69 Å². The Morgan fingerprint density at radius 3 is 2.31 bits per heavy atom. The maximum atomic E-state index is 12.4. The summed E-state index contributed by atoms with van der Waals surface area (Å²) in [6, 6.07) is 6.24. The highest BCUT2D eigenvalue weighted by atomic mass is 16.5. The van der Waals surface area contributed by atoms with E-state index >= 15 is 0 Å². The number of benzene rings is 1. The lowest BCUT2D eigenvalue weighted by Crippen LogP contribution is -2.39. The maximum absolute atomic E-state index is 12.4. The summed E-state index contributed by atoms with van der Waals surface area (Å²) in [6.07, 6.45) is 0. The predicted octanol–water partition coefficient (Wildman–Crippen LogP) is 0.811. The minimum Gasteiger partial charge on any atom is -0.490 e. The number of rotatable bonds is 7. The van der Waals surface area contributed by atoms with Crippen LogP contribution in [-0.2, 0) is 20.6 Å². The highest BCUT2D eigenvalue weighted by Crippen LogP contribution is 2.28. The molecule has 8 nitrogen and oxygen atoms in total. The van der Waals surface area contributed by atoms with Gasteiger partial charge in [-0.05, 0) is 32.0 Å². The van der Waals surface area contributed by atoms with E-state index in [9.17, 15) is 14.4 Å². The summed E-state index contributed by atoms with van der Waals surface area (Å²) in [5, 5.41) is 2.71. The van der Waals surface area contributed by atoms with E-state index in [0.717, 1.165) is 4.57 Å². The molecule has 0 saturated carbocycles. The molecule has 0 radical (unpaired) electrons. The Morgan fingerprint density at radius 1 is 1.00 bits per heavy atom. The third-order valence-corrected chi connectivity index (χ3v) is 3.86. The average molecular weight is 361 g/mol. The fraction of sp³-hybridized carbons (Fsp3) is 0.389. The first-order valence-corrected chi connectivity index (χ1v) is 8.32. The van der Waals surface area contributed by atoms with Crippen LogP contribution in [0.5, 0.6) is 11.5 Å². The van der Waals surface area contributed by atoms with Crippen molar-refractivity contribution in [3.8, 4) is 11.5 Å². The molecule has 0 aliphatic heterocycles. The van der Waals surface area contributed by atoms with E-state index < -0.39 is 11.2 Å². The van der Waals surface area contributed by atoms with Crippen LogP contribution >= 0.6 is 0 Å². The van der Waals surface area contributed by atoms with Gasteiger partial charge in [-0.25, -0.2) is 4.79 Å². The number of nitrogens with zero attached hydrogens (tertiary/aromatic N) is 2. The Morgan fingerprint density at radius 2 is 1.65 bits per heavy atom. The first-order chi connectivity index (χ1) is 12.4. The summed E-state index contributed by atoms with van der Waals surface area (Å²) < 4.78 is 13.3. The van der Waals surface area contributed by atoms with E-state index in [0.29, 0.717) is 36.0 Å². The number of aromatic nitrogens is 2. The molecule has 0 fully saturated rings. The number of hydrogen-bond acceptors (Lipinski definition) is 5. The van der Waals surface area contributed by atoms with Crippen molar-refractivity contribution in [2.75, 3.05) is 13.2 Å². The third kappa shape index (κ3) is 4.14. The highest BCUT2D eigenvalue weighted by molar-refractivity contribution is 5.94. The second-order valence-corrected chi connectivity index (χ2v) is 5.58. The molecular formula is C18H23N3O5. The van der Waals surface area contributed by atoms with E-state index in [1.807, 2.05) is 13.8 Å². The molecule has 1 N–H and O–H groups in total. The smallest absolute Gasteiger partial charge is 0.330 e. The predicted molar refractivity (Wildman–Crippen MR) is 96.9 cm³/mol. The summed E-state index contributed by atoms with van der Waals surface area (Å²) in [6.45, 7) is 4.70. The zero-order valence-electron chi connectivity index (χ0n) is 15.4. The van der Waals surface area contributed by atoms with Crippen LogP contribution in [0.15, 0.2) is 33.9 Å². The normalized spacial score (nSPS) is 10.5. The molecular weight excluding hydrogens is 338 g/mol. The second kappa shape index (κ2) is 8.37. The van der Waals surface area contributed by atoms with Gasteiger partial charge in [0.15, 0.2) is 11.5 Å². The van der Waals surface area contributed by atoms with E-state index in [1.54, 1.807) is 25.2 Å². The van der Waals surface area contributed by atoms with Crippen molar-refractivity contribution in [2.24, 2.45) is 14.1 Å². The Bertz CT molecular complexity index is 914. The van der Waals surface area contributed by atoms with Crippen LogP contribution in [0.2, 0.25) is 0 Å². The third-order valence-electron chi connectivity index (χ3n) is 3.86. The summed E-state index contributed by atoms with van der Waals surface area (Å²) in [4.78, 5) is 36.1. The van der Waals surface area contributed by atoms with Gasteiger partial charge in [-0.2, -0.15) is 0 Å². The van der Waals surface area contributed by atoms with Crippen molar-refractivity contribution in [1.29, 1.82) is 0 Å². The van der Waals surface area contributed by atoms with E-state index in [4.69, 9.17) is 9.47 Å². The van der Waals surface area contributed by atoms with Gasteiger partial charge in [0.05, 0.1) is 19.8 Å². The lowest BCUT2D eigenvalue weighted by Gasteiger charge is -2.13. The van der Waals surface area contributed by atoms with Crippen molar-refractivity contribution < 1.29 is 14.3 Å². The quantitative estimate of drug-likeness (QED) is 0.788. The Hall–Kier alpha value is -3.03. The number of amides is 1. The molecule has 1 amide bonds. The van der Waals surface area contributed by atoms with E-state index in [1.165, 1.54) is 17.7 Å². The number of ether oxygens (including phenoxy) is 2. The Balaban J connectivity index is 2.19. The fourth-order valence-corrected chi connectivity index (χ4v) is 2.41. The van der Waals surface area contributed by atoms with Crippen LogP contribution in [0.25, 0.3) is 0 Å². The first kappa shape index (κ1) is 19.3. The van der Waals surface area contributed by atoms with Crippen LogP contribution in [-0.4, -0.2) is 28.3 Å². The van der Waals surface area contributed by atoms with Gasteiger partial charge in [0, 0.05) is 31.4 Å². The van der Waals surface area contributed by atoms with Gasteiger partial charge in [0.2, 0.25) is 0 Å². The van der Waals surface area contributed by atoms with Gasteiger partial charge < -0.3 is 14.8 Å². The summed E-state index contributed by atoms with van der Waals surface area (Å²) >= 11 is 0. The van der Waals surface area contributed by atoms with E-state index in [-0.39, 0.29) is 12.5 Å². The van der Waals surface area contributed by atoms with Crippen molar-refractivity contribution in [3.05, 3.63) is 56.4 Å². The minimum absolute atomic E-state index is 0.0534. The Kier molecular flexibility index (Phi) is 6.21. The molecule has 0 atom stereocenters. The summed E-state index contributed by atoms with van der Waals surface area (Å²) in [5.74, 6) is 0.713. The van der Waals surface area contributed by atoms with Crippen LogP contribution in [0, 0.1) is 0 Å². The van der Waals surface area contributed by atoms with Crippen molar-refractivity contribution >= 4 is 5.91 Å². The highest BCUT2D eigenvalue weighted by Gasteiger charge is 2.13. The number of carbonyl (C=O) groups is 1. The molecule has 0 saturated heterocycles. The van der Waals surface area contributed by atoms with Crippen molar-refractivity contribution in [1.82, 2.24) is 14.5 Å². The van der Waals surface area contributed by atoms with Crippen LogP contribution in [0.1, 0.15) is 29.9 Å². The monoisotopic (exact) mass is 361 g/mol. The number of hydrogen-bond donors (Lipinski definition) is 1. The van der Waals surface area contributed by atoms with Gasteiger partial charge in [-0.1, -0.05) is 0 Å². The number of nitrogens with one attached hydrogen (secondary N) is 1. The summed E-state index contributed by atoms with van der Waals surface area (Å²) in [5.41, 5.74) is -0.0494. The fourth-order valence-electron chi connectivity index (χ4n) is 2.41. The van der Waals surface area contributed by atoms with Gasteiger partial charge in [-0.15, -0.1) is 0 Å². The lowest BCUT2D eigenvalue weighted by molar-refractivity contribution is 0.0949. The SMILES string of the molecule is CCOc1ccc(C(=O)NCc2cc(=O)n(C)c(=O)n2C)cc1OCC. The molecule has 1 aromatic carbocycles. The molecule has 0 aliphatic carbocycles.